The molecule has 8 heteroatoms. The van der Waals surface area contributed by atoms with Gasteiger partial charge in [-0.15, -0.1) is 0 Å². The minimum Gasteiger partial charge on any atom is -0.466 e. The molecule has 0 aliphatic carbocycles. The van der Waals surface area contributed by atoms with Crippen LogP contribution < -0.4 is 15.5 Å². The van der Waals surface area contributed by atoms with Crippen LogP contribution in [0.4, 0.5) is 10.2 Å². The van der Waals surface area contributed by atoms with E-state index in [0.717, 1.165) is 57.6 Å². The lowest BCUT2D eigenvalue weighted by molar-refractivity contribution is -0.143. The summed E-state index contributed by atoms with van der Waals surface area (Å²) in [6.45, 7) is 4.61. The molecule has 7 nitrogen and oxygen atoms in total. The van der Waals surface area contributed by atoms with Crippen molar-refractivity contribution in [3.8, 4) is 0 Å². The topological polar surface area (TPSA) is 78.8 Å². The van der Waals surface area contributed by atoms with E-state index >= 15 is 0 Å². The highest BCUT2D eigenvalue weighted by molar-refractivity contribution is 5.80. The van der Waals surface area contributed by atoms with Crippen LogP contribution in [0.1, 0.15) is 51.9 Å². The monoisotopic (exact) mass is 407 g/mol. The first kappa shape index (κ1) is 22.9. The molecule has 0 aromatic carbocycles. The minimum atomic E-state index is -0.280. The maximum absolute atomic E-state index is 13.9. The number of unbranched alkanes of at least 4 members (excludes halogenated alkanes) is 4. The number of guanidine groups is 1. The van der Waals surface area contributed by atoms with Gasteiger partial charge in [0.2, 0.25) is 0 Å². The number of carbonyl (C=O) groups excluding carboxylic acids is 1. The van der Waals surface area contributed by atoms with Crippen LogP contribution in [0.25, 0.3) is 0 Å². The maximum Gasteiger partial charge on any atom is 0.305 e. The number of hydrogen-bond donors (Lipinski definition) is 2. The number of aromatic nitrogens is 1. The summed E-state index contributed by atoms with van der Waals surface area (Å²) in [6.07, 6.45) is 8.27. The Kier molecular flexibility index (Phi) is 10.2. The lowest BCUT2D eigenvalue weighted by Crippen LogP contribution is -2.45. The zero-order valence-corrected chi connectivity index (χ0v) is 17.6. The molecule has 1 aliphatic rings. The van der Waals surface area contributed by atoms with Crippen molar-refractivity contribution in [1.82, 2.24) is 15.6 Å². The van der Waals surface area contributed by atoms with Gasteiger partial charge in [0, 0.05) is 45.3 Å². The summed E-state index contributed by atoms with van der Waals surface area (Å²) in [7, 11) is 1.76. The summed E-state index contributed by atoms with van der Waals surface area (Å²) >= 11 is 0. The lowest BCUT2D eigenvalue weighted by Gasteiger charge is -2.20. The van der Waals surface area contributed by atoms with Crippen LogP contribution in [0.2, 0.25) is 0 Å². The van der Waals surface area contributed by atoms with E-state index in [4.69, 9.17) is 4.74 Å². The molecule has 1 unspecified atom stereocenters. The number of esters is 1. The summed E-state index contributed by atoms with van der Waals surface area (Å²) in [4.78, 5) is 21.7. The molecule has 2 rings (SSSR count). The molecule has 1 aliphatic heterocycles. The molecule has 0 radical (unpaired) electrons. The van der Waals surface area contributed by atoms with Crippen molar-refractivity contribution in [2.45, 2.75) is 57.9 Å². The van der Waals surface area contributed by atoms with Gasteiger partial charge in [-0.25, -0.2) is 9.37 Å². The van der Waals surface area contributed by atoms with Crippen molar-refractivity contribution in [3.05, 3.63) is 24.1 Å². The van der Waals surface area contributed by atoms with Crippen molar-refractivity contribution in [1.29, 1.82) is 0 Å². The van der Waals surface area contributed by atoms with Gasteiger partial charge >= 0.3 is 5.97 Å². The average Bonchev–Trinajstić information content (AvgIpc) is 3.17. The summed E-state index contributed by atoms with van der Waals surface area (Å²) in [5.41, 5.74) is 0. The number of hydrogen-bond acceptors (Lipinski definition) is 5. The van der Waals surface area contributed by atoms with Gasteiger partial charge < -0.3 is 20.3 Å². The molecule has 0 amide bonds. The Bertz CT molecular complexity index is 656. The van der Waals surface area contributed by atoms with Gasteiger partial charge in [-0.3, -0.25) is 9.79 Å². The van der Waals surface area contributed by atoms with Crippen molar-refractivity contribution in [3.63, 3.8) is 0 Å². The molecule has 2 N–H and O–H groups in total. The van der Waals surface area contributed by atoms with Crippen molar-refractivity contribution < 1.29 is 13.9 Å². The Balaban J connectivity index is 1.57. The van der Waals surface area contributed by atoms with E-state index < -0.39 is 0 Å². The Hall–Kier alpha value is -2.38. The molecule has 29 heavy (non-hydrogen) atoms. The molecule has 1 atom stereocenters. The number of nitrogens with one attached hydrogen (secondary N) is 2. The van der Waals surface area contributed by atoms with Crippen molar-refractivity contribution in [2.75, 3.05) is 38.2 Å². The Labute approximate surface area is 173 Å². The highest BCUT2D eigenvalue weighted by Crippen LogP contribution is 2.20. The van der Waals surface area contributed by atoms with Gasteiger partial charge in [0.05, 0.1) is 6.61 Å². The molecule has 0 bridgehead atoms. The van der Waals surface area contributed by atoms with Gasteiger partial charge in [0.15, 0.2) is 17.6 Å². The fourth-order valence-electron chi connectivity index (χ4n) is 3.43. The fourth-order valence-corrected chi connectivity index (χ4v) is 3.43. The average molecular weight is 408 g/mol. The third kappa shape index (κ3) is 8.25. The molecule has 1 saturated heterocycles. The molecule has 1 aromatic heterocycles. The molecule has 162 valence electrons. The number of nitrogens with zero attached hydrogens (tertiary/aromatic N) is 3. The zero-order chi connectivity index (χ0) is 20.9. The SMILES string of the molecule is CCOC(=O)CCCCCCCNC(=NC)NC1CCN(c2ncccc2F)C1. The van der Waals surface area contributed by atoms with Crippen LogP contribution in [-0.2, 0) is 9.53 Å². The molecule has 0 spiro atoms. The predicted octanol–water partition coefficient (Wildman–Crippen LogP) is 2.87. The molecule has 0 saturated carbocycles. The summed E-state index contributed by atoms with van der Waals surface area (Å²) in [6, 6.07) is 3.27. The predicted molar refractivity (Wildman–Crippen MR) is 114 cm³/mol. The van der Waals surface area contributed by atoms with Crippen LogP contribution in [0, 0.1) is 5.82 Å². The van der Waals surface area contributed by atoms with E-state index in [-0.39, 0.29) is 17.8 Å². The second-order valence-corrected chi connectivity index (χ2v) is 7.21. The third-order valence-corrected chi connectivity index (χ3v) is 4.95. The van der Waals surface area contributed by atoms with Gasteiger partial charge in [-0.05, 0) is 38.3 Å². The van der Waals surface area contributed by atoms with Crippen LogP contribution >= 0.6 is 0 Å². The van der Waals surface area contributed by atoms with E-state index in [2.05, 4.69) is 20.6 Å². The smallest absolute Gasteiger partial charge is 0.305 e. The van der Waals surface area contributed by atoms with Gasteiger partial charge in [-0.2, -0.15) is 0 Å². The standard InChI is InChI=1S/C21H34FN5O2/c1-3-29-19(28)11-7-5-4-6-8-13-25-21(23-2)26-17-12-15-27(16-17)20-18(22)10-9-14-24-20/h9-10,14,17H,3-8,11-13,15-16H2,1-2H3,(H2,23,25,26). The highest BCUT2D eigenvalue weighted by Gasteiger charge is 2.25. The second-order valence-electron chi connectivity index (χ2n) is 7.21. The first-order chi connectivity index (χ1) is 14.1. The van der Waals surface area contributed by atoms with Gasteiger partial charge in [0.25, 0.3) is 0 Å². The fraction of sp³-hybridized carbons (Fsp3) is 0.667. The Morgan fingerprint density at radius 1 is 1.34 bits per heavy atom. The van der Waals surface area contributed by atoms with E-state index in [1.807, 2.05) is 11.8 Å². The Morgan fingerprint density at radius 2 is 2.14 bits per heavy atom. The number of anilines is 1. The highest BCUT2D eigenvalue weighted by atomic mass is 19.1. The Morgan fingerprint density at radius 3 is 2.90 bits per heavy atom. The quantitative estimate of drug-likeness (QED) is 0.254. The van der Waals surface area contributed by atoms with E-state index in [9.17, 15) is 9.18 Å². The number of ether oxygens (including phenoxy) is 1. The largest absolute Gasteiger partial charge is 0.466 e. The van der Waals surface area contributed by atoms with E-state index in [1.165, 1.54) is 6.07 Å². The van der Waals surface area contributed by atoms with E-state index in [1.54, 1.807) is 19.3 Å². The van der Waals surface area contributed by atoms with Crippen LogP contribution in [-0.4, -0.2) is 56.2 Å². The minimum absolute atomic E-state index is 0.0969. The van der Waals surface area contributed by atoms with E-state index in [0.29, 0.717) is 25.4 Å². The normalized spacial score (nSPS) is 16.7. The number of pyridine rings is 1. The molecule has 2 heterocycles. The zero-order valence-electron chi connectivity index (χ0n) is 17.6. The van der Waals surface area contributed by atoms with Gasteiger partial charge in [0.1, 0.15) is 0 Å². The first-order valence-electron chi connectivity index (χ1n) is 10.6. The first-order valence-corrected chi connectivity index (χ1v) is 10.6. The molecule has 1 fully saturated rings. The van der Waals surface area contributed by atoms with Crippen LogP contribution in [0.5, 0.6) is 0 Å². The van der Waals surface area contributed by atoms with Gasteiger partial charge in [-0.1, -0.05) is 19.3 Å². The summed E-state index contributed by atoms with van der Waals surface area (Å²) in [5, 5.41) is 6.76. The summed E-state index contributed by atoms with van der Waals surface area (Å²) in [5.74, 6) is 0.821. The molecular weight excluding hydrogens is 373 g/mol. The maximum atomic E-state index is 13.9. The molecular formula is C21H34FN5O2. The lowest BCUT2D eigenvalue weighted by atomic mass is 10.1. The second kappa shape index (κ2) is 13.0. The summed E-state index contributed by atoms with van der Waals surface area (Å²) < 4.78 is 18.8. The van der Waals surface area contributed by atoms with Crippen LogP contribution in [0.3, 0.4) is 0 Å². The third-order valence-electron chi connectivity index (χ3n) is 4.95. The number of carbonyl (C=O) groups is 1. The van der Waals surface area contributed by atoms with Crippen LogP contribution in [0.15, 0.2) is 23.3 Å². The number of rotatable bonds is 11. The van der Waals surface area contributed by atoms with Crippen molar-refractivity contribution >= 4 is 17.7 Å². The van der Waals surface area contributed by atoms with Crippen molar-refractivity contribution in [2.24, 2.45) is 4.99 Å². The number of aliphatic imine (C=N–C) groups is 1. The number of halogens is 1. The molecule has 1 aromatic rings.